The fourth-order valence-corrected chi connectivity index (χ4v) is 4.03. The molecule has 0 bridgehead atoms. The van der Waals surface area contributed by atoms with Gasteiger partial charge in [-0.15, -0.1) is 6.58 Å². The first kappa shape index (κ1) is 23.6. The summed E-state index contributed by atoms with van der Waals surface area (Å²) in [6, 6.07) is 22.8. The highest BCUT2D eigenvalue weighted by molar-refractivity contribution is 5.37. The highest BCUT2D eigenvalue weighted by atomic mass is 19.1. The van der Waals surface area contributed by atoms with E-state index in [0.717, 1.165) is 37.0 Å². The van der Waals surface area contributed by atoms with Crippen molar-refractivity contribution in [2.45, 2.75) is 58.0 Å². The van der Waals surface area contributed by atoms with Gasteiger partial charge in [0.1, 0.15) is 11.5 Å². The van der Waals surface area contributed by atoms with Crippen LogP contribution in [0.1, 0.15) is 51.2 Å². The zero-order valence-corrected chi connectivity index (χ0v) is 19.3. The summed E-state index contributed by atoms with van der Waals surface area (Å²) in [6.45, 7) is 10.4. The summed E-state index contributed by atoms with van der Waals surface area (Å²) in [5.74, 6) is 1.43. The van der Waals surface area contributed by atoms with Crippen LogP contribution >= 0.6 is 0 Å². The van der Waals surface area contributed by atoms with Gasteiger partial charge in [0.05, 0.1) is 6.10 Å². The van der Waals surface area contributed by atoms with Crippen molar-refractivity contribution < 1.29 is 13.9 Å². The molecule has 0 spiro atoms. The van der Waals surface area contributed by atoms with Crippen molar-refractivity contribution in [3.8, 4) is 17.2 Å². The molecule has 168 valence electrons. The smallest absolute Gasteiger partial charge is 0.165 e. The van der Waals surface area contributed by atoms with E-state index in [0.29, 0.717) is 5.75 Å². The number of benzene rings is 3. The third kappa shape index (κ3) is 6.00. The van der Waals surface area contributed by atoms with Gasteiger partial charge < -0.3 is 9.47 Å². The third-order valence-corrected chi connectivity index (χ3v) is 5.88. The molecule has 0 radical (unpaired) electrons. The Morgan fingerprint density at radius 3 is 2.31 bits per heavy atom. The van der Waals surface area contributed by atoms with E-state index in [9.17, 15) is 4.39 Å². The summed E-state index contributed by atoms with van der Waals surface area (Å²) in [6.07, 6.45) is 5.95. The van der Waals surface area contributed by atoms with E-state index in [1.54, 1.807) is 0 Å². The van der Waals surface area contributed by atoms with Gasteiger partial charge in [-0.3, -0.25) is 0 Å². The number of hydrogen-bond acceptors (Lipinski definition) is 2. The number of rotatable bonds is 11. The molecule has 0 saturated carbocycles. The highest BCUT2D eigenvalue weighted by Crippen LogP contribution is 2.36. The van der Waals surface area contributed by atoms with E-state index in [2.05, 4.69) is 31.7 Å². The molecule has 1 atom stereocenters. The van der Waals surface area contributed by atoms with E-state index in [4.69, 9.17) is 9.47 Å². The molecule has 2 nitrogen and oxygen atoms in total. The van der Waals surface area contributed by atoms with Gasteiger partial charge in [0.15, 0.2) is 11.6 Å². The normalized spacial score (nSPS) is 12.9. The number of allylic oxidation sites excluding steroid dienone is 1. The van der Waals surface area contributed by atoms with Crippen molar-refractivity contribution in [2.24, 2.45) is 0 Å². The van der Waals surface area contributed by atoms with Crippen LogP contribution in [0.3, 0.4) is 0 Å². The van der Waals surface area contributed by atoms with Gasteiger partial charge in [0, 0.05) is 5.41 Å². The summed E-state index contributed by atoms with van der Waals surface area (Å²) >= 11 is 0. The summed E-state index contributed by atoms with van der Waals surface area (Å²) in [4.78, 5) is 0. The number of hydrogen-bond donors (Lipinski definition) is 0. The molecule has 0 aliphatic heterocycles. The Labute approximate surface area is 191 Å². The molecule has 3 rings (SSSR count). The fourth-order valence-electron chi connectivity index (χ4n) is 4.03. The second-order valence-electron chi connectivity index (χ2n) is 8.44. The van der Waals surface area contributed by atoms with Gasteiger partial charge in [0.25, 0.3) is 0 Å². The van der Waals surface area contributed by atoms with Crippen LogP contribution in [0.5, 0.6) is 17.2 Å². The average Bonchev–Trinajstić information content (AvgIpc) is 2.80. The van der Waals surface area contributed by atoms with Crippen LogP contribution < -0.4 is 9.47 Å². The van der Waals surface area contributed by atoms with Crippen molar-refractivity contribution >= 4 is 0 Å². The van der Waals surface area contributed by atoms with Crippen LogP contribution in [-0.4, -0.2) is 6.10 Å². The van der Waals surface area contributed by atoms with Crippen LogP contribution in [0.2, 0.25) is 0 Å². The van der Waals surface area contributed by atoms with Crippen LogP contribution in [0.15, 0.2) is 85.5 Å². The van der Waals surface area contributed by atoms with E-state index in [1.165, 1.54) is 11.6 Å². The van der Waals surface area contributed by atoms with Gasteiger partial charge in [-0.05, 0) is 87.1 Å². The molecule has 0 aliphatic carbocycles. The fraction of sp³-hybridized carbons (Fsp3) is 0.310. The number of para-hydroxylation sites is 1. The SMILES string of the molecule is C=CC(CC)(CCCc1ccc(F)c(Oc2ccccc2)c1)c1ccc(OC(C)C)cc1. The first-order chi connectivity index (χ1) is 15.5. The molecule has 0 fully saturated rings. The van der Waals surface area contributed by atoms with E-state index < -0.39 is 0 Å². The highest BCUT2D eigenvalue weighted by Gasteiger charge is 2.26. The van der Waals surface area contributed by atoms with Crippen LogP contribution in [-0.2, 0) is 11.8 Å². The lowest BCUT2D eigenvalue weighted by Gasteiger charge is -2.30. The Balaban J connectivity index is 1.67. The topological polar surface area (TPSA) is 18.5 Å². The number of halogens is 1. The van der Waals surface area contributed by atoms with Crippen LogP contribution in [0.4, 0.5) is 4.39 Å². The molecule has 0 N–H and O–H groups in total. The molecule has 0 aromatic heterocycles. The Morgan fingerprint density at radius 2 is 1.69 bits per heavy atom. The summed E-state index contributed by atoms with van der Waals surface area (Å²) in [7, 11) is 0. The predicted octanol–water partition coefficient (Wildman–Crippen LogP) is 8.26. The number of aryl methyl sites for hydroxylation is 1. The molecule has 32 heavy (non-hydrogen) atoms. The van der Waals surface area contributed by atoms with Crippen molar-refractivity contribution in [3.05, 3.63) is 102 Å². The van der Waals surface area contributed by atoms with E-state index in [-0.39, 0.29) is 23.1 Å². The maximum absolute atomic E-state index is 14.3. The Morgan fingerprint density at radius 1 is 0.969 bits per heavy atom. The lowest BCUT2D eigenvalue weighted by atomic mass is 9.74. The first-order valence-electron chi connectivity index (χ1n) is 11.4. The maximum Gasteiger partial charge on any atom is 0.165 e. The van der Waals surface area contributed by atoms with Crippen molar-refractivity contribution in [2.75, 3.05) is 0 Å². The van der Waals surface area contributed by atoms with Crippen molar-refractivity contribution in [1.29, 1.82) is 0 Å². The molecule has 0 amide bonds. The Bertz CT molecular complexity index is 995. The molecule has 3 aromatic carbocycles. The molecule has 0 heterocycles. The summed E-state index contributed by atoms with van der Waals surface area (Å²) < 4.78 is 25.8. The lowest BCUT2D eigenvalue weighted by molar-refractivity contribution is 0.242. The van der Waals surface area contributed by atoms with Gasteiger partial charge in [-0.25, -0.2) is 4.39 Å². The van der Waals surface area contributed by atoms with E-state index >= 15 is 0 Å². The monoisotopic (exact) mass is 432 g/mol. The van der Waals surface area contributed by atoms with Gasteiger partial charge in [-0.2, -0.15) is 0 Å². The van der Waals surface area contributed by atoms with Gasteiger partial charge in [-0.1, -0.05) is 49.4 Å². The molecule has 1 unspecified atom stereocenters. The van der Waals surface area contributed by atoms with E-state index in [1.807, 2.05) is 68.4 Å². The minimum absolute atomic E-state index is 0.0975. The average molecular weight is 433 g/mol. The van der Waals surface area contributed by atoms with Gasteiger partial charge >= 0.3 is 0 Å². The summed E-state index contributed by atoms with van der Waals surface area (Å²) in [5.41, 5.74) is 2.21. The largest absolute Gasteiger partial charge is 0.491 e. The van der Waals surface area contributed by atoms with Crippen LogP contribution in [0, 0.1) is 5.82 Å². The molecular formula is C29H33FO2. The number of ether oxygens (including phenoxy) is 2. The molecule has 0 saturated heterocycles. The standard InChI is InChI=1S/C29H33FO2/c1-5-29(6-2,24-15-17-26(18-16-24)31-22(3)4)20-10-11-23-14-19-27(30)28(21-23)32-25-12-8-7-9-13-25/h5,7-9,12-19,21-22H,1,6,10-11,20H2,2-4H3. The molecule has 3 aromatic rings. The molecule has 0 aliphatic rings. The minimum Gasteiger partial charge on any atom is -0.491 e. The third-order valence-electron chi connectivity index (χ3n) is 5.88. The first-order valence-corrected chi connectivity index (χ1v) is 11.4. The molecule has 3 heteroatoms. The maximum atomic E-state index is 14.3. The predicted molar refractivity (Wildman–Crippen MR) is 130 cm³/mol. The quantitative estimate of drug-likeness (QED) is 0.284. The Hall–Kier alpha value is -3.07. The van der Waals surface area contributed by atoms with Crippen molar-refractivity contribution in [3.63, 3.8) is 0 Å². The molecular weight excluding hydrogens is 399 g/mol. The van der Waals surface area contributed by atoms with Gasteiger partial charge in [0.2, 0.25) is 0 Å². The zero-order chi connectivity index (χ0) is 23.0. The minimum atomic E-state index is -0.352. The Kier molecular flexibility index (Phi) is 8.10. The van der Waals surface area contributed by atoms with Crippen LogP contribution in [0.25, 0.3) is 0 Å². The second-order valence-corrected chi connectivity index (χ2v) is 8.44. The zero-order valence-electron chi connectivity index (χ0n) is 19.3. The van der Waals surface area contributed by atoms with Crippen molar-refractivity contribution in [1.82, 2.24) is 0 Å². The summed E-state index contributed by atoms with van der Waals surface area (Å²) in [5, 5.41) is 0. The lowest BCUT2D eigenvalue weighted by Crippen LogP contribution is -2.22. The second kappa shape index (κ2) is 11.0.